The van der Waals surface area contributed by atoms with Gasteiger partial charge in [0.25, 0.3) is 5.91 Å². The molecule has 3 amide bonds. The molecular formula is C25H29N3O3S. The Balaban J connectivity index is 1.49. The van der Waals surface area contributed by atoms with Crippen LogP contribution in [0.3, 0.4) is 0 Å². The van der Waals surface area contributed by atoms with Gasteiger partial charge in [-0.25, -0.2) is 0 Å². The second-order valence-corrected chi connectivity index (χ2v) is 9.54. The number of likely N-dealkylation sites (tertiary alicyclic amines) is 1. The summed E-state index contributed by atoms with van der Waals surface area (Å²) in [6.45, 7) is 3.69. The Kier molecular flexibility index (Phi) is 7.15. The molecule has 2 heterocycles. The first-order valence-electron chi connectivity index (χ1n) is 11.2. The van der Waals surface area contributed by atoms with Gasteiger partial charge in [-0.15, -0.1) is 11.8 Å². The molecule has 2 aromatic carbocycles. The van der Waals surface area contributed by atoms with Crippen LogP contribution in [0.4, 0.5) is 5.69 Å². The highest BCUT2D eigenvalue weighted by molar-refractivity contribution is 8.01. The van der Waals surface area contributed by atoms with Crippen molar-refractivity contribution in [2.24, 2.45) is 0 Å². The SMILES string of the molecule is Cc1cccc(CNC(=O)CN2C(=O)C(C(=O)N3CCCCCC3)Sc3ccccc32)c1. The van der Waals surface area contributed by atoms with Gasteiger partial charge in [0, 0.05) is 24.5 Å². The van der Waals surface area contributed by atoms with E-state index in [4.69, 9.17) is 0 Å². The fraction of sp³-hybridized carbons (Fsp3) is 0.400. The summed E-state index contributed by atoms with van der Waals surface area (Å²) in [7, 11) is 0. The Morgan fingerprint density at radius 2 is 1.78 bits per heavy atom. The van der Waals surface area contributed by atoms with Crippen LogP contribution in [0.5, 0.6) is 0 Å². The molecule has 7 heteroatoms. The summed E-state index contributed by atoms with van der Waals surface area (Å²) >= 11 is 1.30. The number of nitrogens with zero attached hydrogens (tertiary/aromatic N) is 2. The van der Waals surface area contributed by atoms with Gasteiger partial charge < -0.3 is 15.1 Å². The first-order chi connectivity index (χ1) is 15.5. The Labute approximate surface area is 193 Å². The molecule has 0 radical (unpaired) electrons. The average molecular weight is 452 g/mol. The lowest BCUT2D eigenvalue weighted by Gasteiger charge is -2.34. The molecule has 6 nitrogen and oxygen atoms in total. The minimum Gasteiger partial charge on any atom is -0.350 e. The van der Waals surface area contributed by atoms with Crippen LogP contribution in [0.25, 0.3) is 0 Å². The molecule has 1 fully saturated rings. The van der Waals surface area contributed by atoms with Crippen LogP contribution in [-0.4, -0.2) is 47.5 Å². The van der Waals surface area contributed by atoms with Gasteiger partial charge in [0.05, 0.1) is 5.69 Å². The van der Waals surface area contributed by atoms with Gasteiger partial charge in [-0.05, 0) is 37.5 Å². The van der Waals surface area contributed by atoms with Crippen molar-refractivity contribution in [2.75, 3.05) is 24.5 Å². The molecule has 1 N–H and O–H groups in total. The van der Waals surface area contributed by atoms with Crippen LogP contribution in [0.2, 0.25) is 0 Å². The number of thioether (sulfide) groups is 1. The molecule has 0 bridgehead atoms. The lowest BCUT2D eigenvalue weighted by atomic mass is 10.1. The summed E-state index contributed by atoms with van der Waals surface area (Å²) in [6.07, 6.45) is 4.18. The zero-order valence-electron chi connectivity index (χ0n) is 18.4. The van der Waals surface area contributed by atoms with Crippen molar-refractivity contribution in [3.05, 3.63) is 59.7 Å². The number of amides is 3. The predicted octanol–water partition coefficient (Wildman–Crippen LogP) is 3.52. The highest BCUT2D eigenvalue weighted by Crippen LogP contribution is 2.39. The number of fused-ring (bicyclic) bond motifs is 1. The molecule has 2 aliphatic rings. The number of hydrogen-bond acceptors (Lipinski definition) is 4. The van der Waals surface area contributed by atoms with E-state index in [9.17, 15) is 14.4 Å². The van der Waals surface area contributed by atoms with Gasteiger partial charge in [-0.2, -0.15) is 0 Å². The van der Waals surface area contributed by atoms with Crippen molar-refractivity contribution in [1.82, 2.24) is 10.2 Å². The summed E-state index contributed by atoms with van der Waals surface area (Å²) in [5.41, 5.74) is 2.82. The quantitative estimate of drug-likeness (QED) is 0.707. The highest BCUT2D eigenvalue weighted by Gasteiger charge is 2.40. The van der Waals surface area contributed by atoms with Gasteiger partial charge in [-0.3, -0.25) is 14.4 Å². The summed E-state index contributed by atoms with van der Waals surface area (Å²) < 4.78 is 0. The first-order valence-corrected chi connectivity index (χ1v) is 12.1. The summed E-state index contributed by atoms with van der Waals surface area (Å²) in [4.78, 5) is 43.5. The van der Waals surface area contributed by atoms with Crippen LogP contribution >= 0.6 is 11.8 Å². The second-order valence-electron chi connectivity index (χ2n) is 8.40. The maximum absolute atomic E-state index is 13.4. The number of para-hydroxylation sites is 1. The van der Waals surface area contributed by atoms with Gasteiger partial charge >= 0.3 is 0 Å². The number of rotatable bonds is 5. The fourth-order valence-electron chi connectivity index (χ4n) is 4.22. The molecule has 1 unspecified atom stereocenters. The van der Waals surface area contributed by atoms with E-state index < -0.39 is 5.25 Å². The van der Waals surface area contributed by atoms with E-state index in [2.05, 4.69) is 5.32 Å². The number of nitrogens with one attached hydrogen (secondary N) is 1. The fourth-order valence-corrected chi connectivity index (χ4v) is 5.40. The van der Waals surface area contributed by atoms with Crippen LogP contribution in [0, 0.1) is 6.92 Å². The van der Waals surface area contributed by atoms with E-state index in [1.54, 1.807) is 0 Å². The zero-order chi connectivity index (χ0) is 22.5. The Morgan fingerprint density at radius 3 is 2.53 bits per heavy atom. The minimum absolute atomic E-state index is 0.105. The summed E-state index contributed by atoms with van der Waals surface area (Å²) in [6, 6.07) is 15.4. The molecule has 0 spiro atoms. The van der Waals surface area contributed by atoms with E-state index in [0.29, 0.717) is 25.3 Å². The smallest absolute Gasteiger partial charge is 0.250 e. The Bertz CT molecular complexity index is 1000. The molecule has 0 saturated carbocycles. The zero-order valence-corrected chi connectivity index (χ0v) is 19.2. The number of aryl methyl sites for hydroxylation is 1. The van der Waals surface area contributed by atoms with E-state index >= 15 is 0 Å². The van der Waals surface area contributed by atoms with Crippen molar-refractivity contribution in [3.63, 3.8) is 0 Å². The molecular weight excluding hydrogens is 422 g/mol. The van der Waals surface area contributed by atoms with Crippen molar-refractivity contribution < 1.29 is 14.4 Å². The molecule has 1 atom stereocenters. The number of benzene rings is 2. The summed E-state index contributed by atoms with van der Waals surface area (Å²) in [5, 5.41) is 2.07. The van der Waals surface area contributed by atoms with E-state index in [-0.39, 0.29) is 24.3 Å². The van der Waals surface area contributed by atoms with Crippen LogP contribution < -0.4 is 10.2 Å². The monoisotopic (exact) mass is 451 g/mol. The first kappa shape index (κ1) is 22.4. The highest BCUT2D eigenvalue weighted by atomic mass is 32.2. The van der Waals surface area contributed by atoms with Gasteiger partial charge in [0.1, 0.15) is 6.54 Å². The molecule has 2 aliphatic heterocycles. The molecule has 0 aliphatic carbocycles. The lowest BCUT2D eigenvalue weighted by Crippen LogP contribution is -2.52. The number of anilines is 1. The lowest BCUT2D eigenvalue weighted by molar-refractivity contribution is -0.135. The number of carbonyl (C=O) groups excluding carboxylic acids is 3. The second kappa shape index (κ2) is 10.2. The largest absolute Gasteiger partial charge is 0.350 e. The summed E-state index contributed by atoms with van der Waals surface area (Å²) in [5.74, 6) is -0.697. The van der Waals surface area contributed by atoms with Crippen LogP contribution in [0.1, 0.15) is 36.8 Å². The molecule has 4 rings (SSSR count). The van der Waals surface area contributed by atoms with E-state index in [1.165, 1.54) is 16.7 Å². The number of hydrogen-bond donors (Lipinski definition) is 1. The third kappa shape index (κ3) is 5.15. The normalized spacial score (nSPS) is 18.7. The maximum atomic E-state index is 13.4. The topological polar surface area (TPSA) is 69.7 Å². The predicted molar refractivity (Wildman–Crippen MR) is 127 cm³/mol. The van der Waals surface area contributed by atoms with Crippen molar-refractivity contribution in [1.29, 1.82) is 0 Å². The number of carbonyl (C=O) groups is 3. The molecule has 1 saturated heterocycles. The van der Waals surface area contributed by atoms with Crippen molar-refractivity contribution in [3.8, 4) is 0 Å². The third-order valence-corrected chi connectivity index (χ3v) is 7.15. The van der Waals surface area contributed by atoms with Gasteiger partial charge in [0.15, 0.2) is 5.25 Å². The Hall–Kier alpha value is -2.80. The van der Waals surface area contributed by atoms with Crippen molar-refractivity contribution in [2.45, 2.75) is 49.3 Å². The molecule has 168 valence electrons. The van der Waals surface area contributed by atoms with E-state index in [0.717, 1.165) is 41.7 Å². The van der Waals surface area contributed by atoms with Gasteiger partial charge in [0.2, 0.25) is 11.8 Å². The Morgan fingerprint density at radius 1 is 1.03 bits per heavy atom. The van der Waals surface area contributed by atoms with Gasteiger partial charge in [-0.1, -0.05) is 54.8 Å². The molecule has 32 heavy (non-hydrogen) atoms. The standard InChI is InChI=1S/C25H29N3O3S/c1-18-9-8-10-19(15-18)16-26-22(29)17-28-20-11-4-5-12-21(20)32-23(25(28)31)24(30)27-13-6-2-3-7-14-27/h4-5,8-12,15,23H,2-3,6-7,13-14,16-17H2,1H3,(H,26,29). The molecule has 2 aromatic rings. The minimum atomic E-state index is -0.840. The van der Waals surface area contributed by atoms with Crippen molar-refractivity contribution >= 4 is 35.2 Å². The third-order valence-electron chi connectivity index (χ3n) is 5.91. The van der Waals surface area contributed by atoms with Crippen LogP contribution in [-0.2, 0) is 20.9 Å². The maximum Gasteiger partial charge on any atom is 0.250 e. The van der Waals surface area contributed by atoms with Crippen LogP contribution in [0.15, 0.2) is 53.4 Å². The average Bonchev–Trinajstić information content (AvgIpc) is 3.09. The molecule has 0 aromatic heterocycles. The van der Waals surface area contributed by atoms with E-state index in [1.807, 2.05) is 60.4 Å².